The Morgan fingerprint density at radius 2 is 1.95 bits per heavy atom. The minimum Gasteiger partial charge on any atom is -0.409 e. The van der Waals surface area contributed by atoms with E-state index in [2.05, 4.69) is 10.5 Å². The Bertz CT molecular complexity index is 372. The van der Waals surface area contributed by atoms with E-state index in [4.69, 9.17) is 15.7 Å². The summed E-state index contributed by atoms with van der Waals surface area (Å²) in [4.78, 5) is 12.5. The van der Waals surface area contributed by atoms with E-state index in [9.17, 15) is 4.79 Å². The van der Waals surface area contributed by atoms with Gasteiger partial charge >= 0.3 is 0 Å². The molecule has 0 aromatic rings. The SMILES string of the molecule is NC(=NO)C1(C(=O)NCCOCC2CC2)CCCCCC1. The zero-order valence-electron chi connectivity index (χ0n) is 12.6. The van der Waals surface area contributed by atoms with Gasteiger partial charge in [-0.3, -0.25) is 4.79 Å². The second kappa shape index (κ2) is 7.64. The van der Waals surface area contributed by atoms with Gasteiger partial charge in [-0.25, -0.2) is 0 Å². The van der Waals surface area contributed by atoms with Crippen molar-refractivity contribution in [2.45, 2.75) is 51.4 Å². The summed E-state index contributed by atoms with van der Waals surface area (Å²) in [6.45, 7) is 1.79. The first-order chi connectivity index (χ1) is 10.2. The first-order valence-corrected chi connectivity index (χ1v) is 8.03. The molecule has 6 nitrogen and oxygen atoms in total. The van der Waals surface area contributed by atoms with Crippen molar-refractivity contribution in [1.82, 2.24) is 5.32 Å². The summed E-state index contributed by atoms with van der Waals surface area (Å²) < 4.78 is 5.51. The molecule has 0 aromatic heterocycles. The third-order valence-corrected chi connectivity index (χ3v) is 4.57. The average molecular weight is 297 g/mol. The molecule has 2 aliphatic carbocycles. The van der Waals surface area contributed by atoms with Crippen molar-refractivity contribution in [3.05, 3.63) is 0 Å². The molecule has 0 aromatic carbocycles. The number of amides is 1. The lowest BCUT2D eigenvalue weighted by Gasteiger charge is -2.29. The van der Waals surface area contributed by atoms with Crippen molar-refractivity contribution >= 4 is 11.7 Å². The molecule has 2 saturated carbocycles. The fraction of sp³-hybridized carbons (Fsp3) is 0.867. The van der Waals surface area contributed by atoms with Crippen LogP contribution in [0, 0.1) is 11.3 Å². The summed E-state index contributed by atoms with van der Waals surface area (Å²) in [6, 6.07) is 0. The standard InChI is InChI=1S/C15H27N3O3/c16-13(18-20)15(7-3-1-2-4-8-15)14(19)17-9-10-21-11-12-5-6-12/h12,20H,1-11H2,(H2,16,18)(H,17,19). The molecule has 120 valence electrons. The number of amidine groups is 1. The van der Waals surface area contributed by atoms with E-state index in [1.165, 1.54) is 12.8 Å². The fourth-order valence-corrected chi connectivity index (χ4v) is 2.97. The molecule has 0 heterocycles. The highest BCUT2D eigenvalue weighted by Gasteiger charge is 2.42. The maximum absolute atomic E-state index is 12.5. The third-order valence-electron chi connectivity index (χ3n) is 4.57. The van der Waals surface area contributed by atoms with Gasteiger partial charge in [-0.05, 0) is 31.6 Å². The van der Waals surface area contributed by atoms with Crippen molar-refractivity contribution in [2.24, 2.45) is 22.2 Å². The molecule has 0 spiro atoms. The zero-order chi connectivity index (χ0) is 15.1. The number of rotatable bonds is 7. The van der Waals surface area contributed by atoms with Crippen molar-refractivity contribution in [1.29, 1.82) is 0 Å². The van der Waals surface area contributed by atoms with Gasteiger partial charge in [0, 0.05) is 13.2 Å². The van der Waals surface area contributed by atoms with E-state index in [1.807, 2.05) is 0 Å². The minimum absolute atomic E-state index is 0.0424. The summed E-state index contributed by atoms with van der Waals surface area (Å²) in [5, 5.41) is 15.0. The van der Waals surface area contributed by atoms with Crippen LogP contribution in [0.2, 0.25) is 0 Å². The third kappa shape index (κ3) is 4.33. The average Bonchev–Trinajstić information content (AvgIpc) is 3.32. The Labute approximate surface area is 126 Å². The molecule has 0 aliphatic heterocycles. The number of hydrogen-bond donors (Lipinski definition) is 3. The number of carbonyl (C=O) groups excluding carboxylic acids is 1. The Kier molecular flexibility index (Phi) is 5.85. The van der Waals surface area contributed by atoms with E-state index in [-0.39, 0.29) is 11.7 Å². The van der Waals surface area contributed by atoms with Crippen LogP contribution in [0.25, 0.3) is 0 Å². The van der Waals surface area contributed by atoms with Crippen LogP contribution in [0.4, 0.5) is 0 Å². The first kappa shape index (κ1) is 16.1. The molecule has 1 amide bonds. The molecular weight excluding hydrogens is 270 g/mol. The highest BCUT2D eigenvalue weighted by atomic mass is 16.5. The molecule has 0 unspecified atom stereocenters. The van der Waals surface area contributed by atoms with Crippen LogP contribution < -0.4 is 11.1 Å². The lowest BCUT2D eigenvalue weighted by Crippen LogP contribution is -2.50. The van der Waals surface area contributed by atoms with Gasteiger partial charge in [0.05, 0.1) is 6.61 Å². The van der Waals surface area contributed by atoms with Crippen LogP contribution >= 0.6 is 0 Å². The molecule has 6 heteroatoms. The van der Waals surface area contributed by atoms with E-state index in [1.54, 1.807) is 0 Å². The van der Waals surface area contributed by atoms with Crippen LogP contribution in [-0.4, -0.2) is 36.7 Å². The predicted molar refractivity (Wildman–Crippen MR) is 80.1 cm³/mol. The van der Waals surface area contributed by atoms with E-state index >= 15 is 0 Å². The molecule has 2 aliphatic rings. The fourth-order valence-electron chi connectivity index (χ4n) is 2.97. The van der Waals surface area contributed by atoms with E-state index < -0.39 is 5.41 Å². The maximum atomic E-state index is 12.5. The summed E-state index contributed by atoms with van der Waals surface area (Å²) in [7, 11) is 0. The van der Waals surface area contributed by atoms with E-state index in [0.717, 1.165) is 38.2 Å². The van der Waals surface area contributed by atoms with Gasteiger partial charge in [-0.1, -0.05) is 30.8 Å². The number of nitrogens with zero attached hydrogens (tertiary/aromatic N) is 1. The Balaban J connectivity index is 1.84. The molecule has 0 bridgehead atoms. The molecule has 21 heavy (non-hydrogen) atoms. The molecule has 2 rings (SSSR count). The predicted octanol–water partition coefficient (Wildman–Crippen LogP) is 1.62. The van der Waals surface area contributed by atoms with Crippen LogP contribution in [-0.2, 0) is 9.53 Å². The maximum Gasteiger partial charge on any atom is 0.234 e. The highest BCUT2D eigenvalue weighted by Crippen LogP contribution is 2.35. The van der Waals surface area contributed by atoms with Crippen LogP contribution in [0.3, 0.4) is 0 Å². The summed E-state index contributed by atoms with van der Waals surface area (Å²) >= 11 is 0. The number of hydrogen-bond acceptors (Lipinski definition) is 4. The summed E-state index contributed by atoms with van der Waals surface area (Å²) in [5.41, 5.74) is 4.99. The number of ether oxygens (including phenoxy) is 1. The minimum atomic E-state index is -0.845. The van der Waals surface area contributed by atoms with Crippen molar-refractivity contribution in [3.8, 4) is 0 Å². The Morgan fingerprint density at radius 3 is 2.52 bits per heavy atom. The lowest BCUT2D eigenvalue weighted by molar-refractivity contribution is -0.128. The van der Waals surface area contributed by atoms with Crippen LogP contribution in [0.1, 0.15) is 51.4 Å². The normalized spacial score (nSPS) is 22.6. The second-order valence-corrected chi connectivity index (χ2v) is 6.26. The highest BCUT2D eigenvalue weighted by molar-refractivity contribution is 6.06. The second-order valence-electron chi connectivity index (χ2n) is 6.26. The van der Waals surface area contributed by atoms with Crippen LogP contribution in [0.15, 0.2) is 5.16 Å². The van der Waals surface area contributed by atoms with Gasteiger partial charge in [-0.15, -0.1) is 0 Å². The lowest BCUT2D eigenvalue weighted by atomic mass is 9.78. The summed E-state index contributed by atoms with van der Waals surface area (Å²) in [5.74, 6) is 0.640. The largest absolute Gasteiger partial charge is 0.409 e. The van der Waals surface area contributed by atoms with Crippen molar-refractivity contribution in [3.63, 3.8) is 0 Å². The van der Waals surface area contributed by atoms with Crippen molar-refractivity contribution in [2.75, 3.05) is 19.8 Å². The molecule has 0 saturated heterocycles. The Morgan fingerprint density at radius 1 is 1.29 bits per heavy atom. The van der Waals surface area contributed by atoms with Gasteiger partial charge in [-0.2, -0.15) is 0 Å². The molecule has 4 N–H and O–H groups in total. The van der Waals surface area contributed by atoms with Gasteiger partial charge in [0.25, 0.3) is 0 Å². The quantitative estimate of drug-likeness (QED) is 0.166. The Hall–Kier alpha value is -1.30. The summed E-state index contributed by atoms with van der Waals surface area (Å²) in [6.07, 6.45) is 7.88. The molecular formula is C15H27N3O3. The van der Waals surface area contributed by atoms with Gasteiger partial charge in [0.1, 0.15) is 5.41 Å². The topological polar surface area (TPSA) is 96.9 Å². The van der Waals surface area contributed by atoms with Gasteiger partial charge < -0.3 is 21.0 Å². The van der Waals surface area contributed by atoms with Gasteiger partial charge in [0.15, 0.2) is 5.84 Å². The number of nitrogens with one attached hydrogen (secondary N) is 1. The number of carbonyl (C=O) groups is 1. The number of nitrogens with two attached hydrogens (primary N) is 1. The number of oxime groups is 1. The monoisotopic (exact) mass is 297 g/mol. The molecule has 0 atom stereocenters. The molecule has 0 radical (unpaired) electrons. The smallest absolute Gasteiger partial charge is 0.234 e. The van der Waals surface area contributed by atoms with Crippen molar-refractivity contribution < 1.29 is 14.7 Å². The zero-order valence-corrected chi connectivity index (χ0v) is 12.6. The molecule has 2 fully saturated rings. The van der Waals surface area contributed by atoms with E-state index in [0.29, 0.717) is 26.0 Å². The van der Waals surface area contributed by atoms with Gasteiger partial charge in [0.2, 0.25) is 5.91 Å². The first-order valence-electron chi connectivity index (χ1n) is 8.03. The van der Waals surface area contributed by atoms with Crippen LogP contribution in [0.5, 0.6) is 0 Å².